The van der Waals surface area contributed by atoms with E-state index in [4.69, 9.17) is 0 Å². The molecule has 0 fully saturated rings. The minimum absolute atomic E-state index is 0.102. The number of aromatic nitrogens is 3. The summed E-state index contributed by atoms with van der Waals surface area (Å²) in [6.45, 7) is -2.06. The van der Waals surface area contributed by atoms with Gasteiger partial charge in [0.25, 0.3) is 12.1 Å². The van der Waals surface area contributed by atoms with Crippen molar-refractivity contribution >= 4 is 11.0 Å². The zero-order chi connectivity index (χ0) is 20.0. The van der Waals surface area contributed by atoms with E-state index in [-0.39, 0.29) is 12.4 Å². The molecule has 4 nitrogen and oxygen atoms in total. The first kappa shape index (κ1) is 20.3. The average Bonchev–Trinajstić information content (AvgIpc) is 2.94. The summed E-state index contributed by atoms with van der Waals surface area (Å²) in [6.07, 6.45) is -16.7. The van der Waals surface area contributed by atoms with Crippen LogP contribution < -0.4 is 0 Å². The molecule has 2 rings (SSSR count). The first-order chi connectivity index (χ1) is 11.7. The van der Waals surface area contributed by atoms with Gasteiger partial charge in [-0.15, -0.1) is 5.10 Å². The van der Waals surface area contributed by atoms with Gasteiger partial charge >= 0.3 is 18.1 Å². The van der Waals surface area contributed by atoms with E-state index >= 15 is 0 Å². The van der Waals surface area contributed by atoms with Crippen LogP contribution in [0.3, 0.4) is 0 Å². The molecule has 0 saturated carbocycles. The Kier molecular flexibility index (Phi) is 4.90. The van der Waals surface area contributed by atoms with Crippen LogP contribution in [0.2, 0.25) is 0 Å². The number of ether oxygens (including phenoxy) is 1. The minimum atomic E-state index is -6.12. The first-order valence-electron chi connectivity index (χ1n) is 6.80. The van der Waals surface area contributed by atoms with Gasteiger partial charge in [-0.1, -0.05) is 17.3 Å². The van der Waals surface area contributed by atoms with E-state index in [1.54, 1.807) is 0 Å². The number of fused-ring (bicyclic) bond motifs is 1. The van der Waals surface area contributed by atoms with Crippen LogP contribution in [0.5, 0.6) is 0 Å². The topological polar surface area (TPSA) is 39.9 Å². The van der Waals surface area contributed by atoms with Crippen molar-refractivity contribution in [2.24, 2.45) is 0 Å². The molecule has 0 aliphatic heterocycles. The lowest BCUT2D eigenvalue weighted by Crippen LogP contribution is -2.60. The van der Waals surface area contributed by atoms with Crippen molar-refractivity contribution in [2.75, 3.05) is 6.61 Å². The number of hydrogen-bond donors (Lipinski definition) is 0. The second kappa shape index (κ2) is 6.28. The van der Waals surface area contributed by atoms with Gasteiger partial charge in [0.2, 0.25) is 0 Å². The highest BCUT2D eigenvalue weighted by Crippen LogP contribution is 2.48. The van der Waals surface area contributed by atoms with E-state index in [0.29, 0.717) is 0 Å². The van der Waals surface area contributed by atoms with Crippen molar-refractivity contribution in [2.45, 2.75) is 37.1 Å². The largest absolute Gasteiger partial charge is 0.425 e. The summed E-state index contributed by atoms with van der Waals surface area (Å²) < 4.78 is 123. The fourth-order valence-electron chi connectivity index (χ4n) is 2.02. The molecule has 0 bridgehead atoms. The highest BCUT2D eigenvalue weighted by atomic mass is 19.4. The van der Waals surface area contributed by atoms with Gasteiger partial charge in [0.15, 0.2) is 0 Å². The number of hydrogen-bond acceptors (Lipinski definition) is 3. The Labute approximate surface area is 139 Å². The molecule has 146 valence electrons. The predicted octanol–water partition coefficient (Wildman–Crippen LogP) is 4.22. The predicted molar refractivity (Wildman–Crippen MR) is 69.1 cm³/mol. The maximum absolute atomic E-state index is 15.0. The van der Waals surface area contributed by atoms with E-state index in [0.717, 1.165) is 18.2 Å². The second-order valence-electron chi connectivity index (χ2n) is 5.44. The van der Waals surface area contributed by atoms with Crippen molar-refractivity contribution in [3.63, 3.8) is 0 Å². The third-order valence-electron chi connectivity index (χ3n) is 3.20. The number of halogens is 9. The normalized spacial score (nSPS) is 17.3. The van der Waals surface area contributed by atoms with E-state index < -0.39 is 47.0 Å². The third kappa shape index (κ3) is 3.57. The molecule has 2 atom stereocenters. The van der Waals surface area contributed by atoms with Crippen molar-refractivity contribution in [1.29, 1.82) is 0 Å². The quantitative estimate of drug-likeness (QED) is 0.688. The fraction of sp³-hybridized carbons (Fsp3) is 0.538. The molecular weight excluding hydrogens is 385 g/mol. The molecule has 0 radical (unpaired) electrons. The van der Waals surface area contributed by atoms with Gasteiger partial charge in [0, 0.05) is 6.92 Å². The van der Waals surface area contributed by atoms with Crippen LogP contribution in [-0.4, -0.2) is 46.0 Å². The van der Waals surface area contributed by atoms with E-state index in [1.165, 1.54) is 6.07 Å². The van der Waals surface area contributed by atoms with E-state index in [2.05, 4.69) is 15.0 Å². The number of benzene rings is 1. The highest BCUT2D eigenvalue weighted by molar-refractivity contribution is 5.74. The van der Waals surface area contributed by atoms with Gasteiger partial charge in [-0.25, -0.2) is 17.6 Å². The number of alkyl halides is 9. The molecule has 1 heterocycles. The molecule has 0 saturated heterocycles. The summed E-state index contributed by atoms with van der Waals surface area (Å²) >= 11 is 0. The minimum Gasteiger partial charge on any atom is -0.310 e. The maximum Gasteiger partial charge on any atom is 0.425 e. The highest BCUT2D eigenvalue weighted by Gasteiger charge is 2.72. The van der Waals surface area contributed by atoms with Crippen LogP contribution in [0.15, 0.2) is 24.3 Å². The third-order valence-corrected chi connectivity index (χ3v) is 3.20. The molecule has 0 aliphatic rings. The molecule has 0 aliphatic carbocycles. The summed E-state index contributed by atoms with van der Waals surface area (Å²) in [5, 5.41) is 5.99. The molecule has 1 aromatic carbocycles. The summed E-state index contributed by atoms with van der Waals surface area (Å²) in [5.74, 6) is -9.27. The summed E-state index contributed by atoms with van der Waals surface area (Å²) in [5.41, 5.74) is -1.06. The molecule has 0 amide bonds. The molecule has 1 aromatic heterocycles. The van der Waals surface area contributed by atoms with Crippen LogP contribution >= 0.6 is 0 Å². The SMILES string of the molecule is CC(F)(F)COC(F)(F)C(F)(C(F)C(F)(F)F)n1nnc2ccccc21. The van der Waals surface area contributed by atoms with Crippen LogP contribution in [0, 0.1) is 0 Å². The Bertz CT molecular complexity index is 770. The van der Waals surface area contributed by atoms with Crippen LogP contribution in [0.1, 0.15) is 6.92 Å². The van der Waals surface area contributed by atoms with Crippen molar-refractivity contribution in [3.8, 4) is 0 Å². The van der Waals surface area contributed by atoms with Crippen LogP contribution in [0.4, 0.5) is 39.5 Å². The lowest BCUT2D eigenvalue weighted by atomic mass is 10.1. The van der Waals surface area contributed by atoms with Crippen molar-refractivity contribution < 1.29 is 44.3 Å². The second-order valence-corrected chi connectivity index (χ2v) is 5.44. The molecule has 2 aromatic rings. The standard InChI is InChI=1S/C13H10F9N3O/c1-10(15,16)6-26-13(21,22)11(17,9(14)12(18,19)20)25-8-5-3-2-4-7(8)23-24-25/h2-5,9H,6H2,1H3. The average molecular weight is 395 g/mol. The molecule has 2 unspecified atom stereocenters. The molecule has 13 heteroatoms. The summed E-state index contributed by atoms with van der Waals surface area (Å²) in [7, 11) is 0. The van der Waals surface area contributed by atoms with Gasteiger partial charge in [0.05, 0.1) is 5.52 Å². The van der Waals surface area contributed by atoms with E-state index in [1.807, 2.05) is 0 Å². The maximum atomic E-state index is 15.0. The number of rotatable bonds is 6. The van der Waals surface area contributed by atoms with Gasteiger partial charge < -0.3 is 4.74 Å². The zero-order valence-electron chi connectivity index (χ0n) is 12.7. The summed E-state index contributed by atoms with van der Waals surface area (Å²) in [4.78, 5) is 0. The summed E-state index contributed by atoms with van der Waals surface area (Å²) in [6, 6.07) is 4.32. The van der Waals surface area contributed by atoms with Gasteiger partial charge in [0.1, 0.15) is 12.1 Å². The molecule has 0 spiro atoms. The van der Waals surface area contributed by atoms with Crippen LogP contribution in [0.25, 0.3) is 11.0 Å². The molecule has 0 N–H and O–H groups in total. The number of para-hydroxylation sites is 1. The molecular formula is C13H10F9N3O. The Morgan fingerprint density at radius 2 is 1.62 bits per heavy atom. The number of nitrogens with zero attached hydrogens (tertiary/aromatic N) is 3. The van der Waals surface area contributed by atoms with Crippen molar-refractivity contribution in [3.05, 3.63) is 24.3 Å². The monoisotopic (exact) mass is 395 g/mol. The van der Waals surface area contributed by atoms with Crippen LogP contribution in [-0.2, 0) is 10.5 Å². The zero-order valence-corrected chi connectivity index (χ0v) is 12.7. The van der Waals surface area contributed by atoms with Crippen molar-refractivity contribution in [1.82, 2.24) is 15.0 Å². The first-order valence-corrected chi connectivity index (χ1v) is 6.80. The van der Waals surface area contributed by atoms with Gasteiger partial charge in [-0.05, 0) is 12.1 Å². The Hall–Kier alpha value is -2.05. The fourth-order valence-corrected chi connectivity index (χ4v) is 2.02. The Morgan fingerprint density at radius 3 is 2.15 bits per heavy atom. The smallest absolute Gasteiger partial charge is 0.310 e. The lowest BCUT2D eigenvalue weighted by molar-refractivity contribution is -0.387. The Morgan fingerprint density at radius 1 is 1.04 bits per heavy atom. The van der Waals surface area contributed by atoms with E-state index in [9.17, 15) is 39.5 Å². The lowest BCUT2D eigenvalue weighted by Gasteiger charge is -2.36. The van der Waals surface area contributed by atoms with Gasteiger partial charge in [-0.2, -0.15) is 26.6 Å². The van der Waals surface area contributed by atoms with Gasteiger partial charge in [-0.3, -0.25) is 0 Å². The Balaban J connectivity index is 2.63. The molecule has 26 heavy (non-hydrogen) atoms.